The van der Waals surface area contributed by atoms with Crippen LogP contribution in [0.2, 0.25) is 5.15 Å². The first-order valence-corrected chi connectivity index (χ1v) is 5.78. The molecule has 1 heterocycles. The molecule has 0 aliphatic carbocycles. The molecule has 0 radical (unpaired) electrons. The molecule has 0 saturated carbocycles. The highest BCUT2D eigenvalue weighted by atomic mass is 35.5. The maximum absolute atomic E-state index is 13.0. The zero-order valence-electron chi connectivity index (χ0n) is 9.66. The van der Waals surface area contributed by atoms with Gasteiger partial charge in [0.2, 0.25) is 5.91 Å². The largest absolute Gasteiger partial charge is 0.326 e. The molecular weight excluding hydrogens is 274 g/mol. The van der Waals surface area contributed by atoms with Gasteiger partial charge in [-0.15, -0.1) is 0 Å². The lowest BCUT2D eigenvalue weighted by Crippen LogP contribution is -2.14. The lowest BCUT2D eigenvalue weighted by molar-refractivity contribution is -0.115. The molecule has 0 spiro atoms. The summed E-state index contributed by atoms with van der Waals surface area (Å²) in [6.07, 6.45) is 1.40. The van der Waals surface area contributed by atoms with Crippen LogP contribution in [0.4, 0.5) is 14.5 Å². The molecule has 98 valence electrons. The average Bonchev–Trinajstić information content (AvgIpc) is 2.34. The van der Waals surface area contributed by atoms with E-state index >= 15 is 0 Å². The summed E-state index contributed by atoms with van der Waals surface area (Å²) in [5.74, 6) is -2.27. The van der Waals surface area contributed by atoms with E-state index in [4.69, 9.17) is 11.6 Å². The highest BCUT2D eigenvalue weighted by molar-refractivity contribution is 6.29. The molecule has 0 saturated heterocycles. The second-order valence-corrected chi connectivity index (χ2v) is 4.23. The monoisotopic (exact) mass is 282 g/mol. The van der Waals surface area contributed by atoms with Gasteiger partial charge < -0.3 is 5.32 Å². The summed E-state index contributed by atoms with van der Waals surface area (Å²) in [4.78, 5) is 15.5. The van der Waals surface area contributed by atoms with Gasteiger partial charge in [0.25, 0.3) is 0 Å². The number of pyridine rings is 1. The first-order valence-electron chi connectivity index (χ1n) is 5.40. The number of benzene rings is 1. The molecule has 1 N–H and O–H groups in total. The maximum atomic E-state index is 13.0. The van der Waals surface area contributed by atoms with Crippen LogP contribution in [0, 0.1) is 11.6 Å². The molecule has 0 unspecified atom stereocenters. The second kappa shape index (κ2) is 5.75. The number of carbonyl (C=O) groups is 1. The van der Waals surface area contributed by atoms with Gasteiger partial charge in [-0.3, -0.25) is 4.79 Å². The first-order chi connectivity index (χ1) is 9.04. The number of carbonyl (C=O) groups excluding carboxylic acids is 1. The maximum Gasteiger partial charge on any atom is 0.228 e. The van der Waals surface area contributed by atoms with Crippen molar-refractivity contribution in [3.05, 3.63) is 58.9 Å². The molecule has 1 amide bonds. The Bertz CT molecular complexity index is 619. The van der Waals surface area contributed by atoms with Crippen molar-refractivity contribution in [2.24, 2.45) is 0 Å². The van der Waals surface area contributed by atoms with Gasteiger partial charge in [-0.25, -0.2) is 13.8 Å². The lowest BCUT2D eigenvalue weighted by atomic mass is 10.1. The Morgan fingerprint density at radius 1 is 1.21 bits per heavy atom. The summed E-state index contributed by atoms with van der Waals surface area (Å²) >= 11 is 5.67. The van der Waals surface area contributed by atoms with E-state index in [9.17, 15) is 13.6 Å². The van der Waals surface area contributed by atoms with Crippen molar-refractivity contribution in [1.29, 1.82) is 0 Å². The topological polar surface area (TPSA) is 42.0 Å². The molecule has 6 heteroatoms. The third-order valence-electron chi connectivity index (χ3n) is 2.36. The van der Waals surface area contributed by atoms with Crippen molar-refractivity contribution in [1.82, 2.24) is 4.98 Å². The van der Waals surface area contributed by atoms with Crippen molar-refractivity contribution in [2.75, 3.05) is 5.32 Å². The summed E-state index contributed by atoms with van der Waals surface area (Å²) in [6.45, 7) is 0. The molecule has 2 rings (SSSR count). The van der Waals surface area contributed by atoms with Gasteiger partial charge in [0.05, 0.1) is 6.42 Å². The number of nitrogens with one attached hydrogen (secondary N) is 1. The Morgan fingerprint density at radius 3 is 2.68 bits per heavy atom. The fraction of sp³-hybridized carbons (Fsp3) is 0.0769. The van der Waals surface area contributed by atoms with Gasteiger partial charge in [0.15, 0.2) is 11.6 Å². The summed E-state index contributed by atoms with van der Waals surface area (Å²) < 4.78 is 25.7. The highest BCUT2D eigenvalue weighted by Gasteiger charge is 2.08. The quantitative estimate of drug-likeness (QED) is 0.879. The Hall–Kier alpha value is -2.01. The van der Waals surface area contributed by atoms with E-state index in [1.807, 2.05) is 0 Å². The molecule has 0 bridgehead atoms. The van der Waals surface area contributed by atoms with Crippen molar-refractivity contribution in [3.8, 4) is 0 Å². The van der Waals surface area contributed by atoms with Crippen LogP contribution in [0.3, 0.4) is 0 Å². The van der Waals surface area contributed by atoms with E-state index in [1.54, 1.807) is 6.07 Å². The van der Waals surface area contributed by atoms with Crippen LogP contribution in [0.25, 0.3) is 0 Å². The zero-order valence-corrected chi connectivity index (χ0v) is 10.4. The Morgan fingerprint density at radius 2 is 2.00 bits per heavy atom. The Labute approximate surface area is 113 Å². The van der Waals surface area contributed by atoms with E-state index < -0.39 is 11.6 Å². The Kier molecular flexibility index (Phi) is 4.06. The molecule has 0 fully saturated rings. The zero-order chi connectivity index (χ0) is 13.8. The smallest absolute Gasteiger partial charge is 0.228 e. The first kappa shape index (κ1) is 13.4. The van der Waals surface area contributed by atoms with Crippen LogP contribution >= 0.6 is 11.6 Å². The van der Waals surface area contributed by atoms with E-state index in [2.05, 4.69) is 10.3 Å². The van der Waals surface area contributed by atoms with Crippen LogP contribution in [0.15, 0.2) is 36.5 Å². The molecule has 19 heavy (non-hydrogen) atoms. The third-order valence-corrected chi connectivity index (χ3v) is 2.57. The standard InChI is InChI=1S/C13H9ClF2N2O/c14-12-7-9(3-4-17-12)18-13(19)6-8-1-2-10(15)11(16)5-8/h1-5,7H,6H2,(H,17,18,19). The number of hydrogen-bond donors (Lipinski definition) is 1. The molecule has 1 aromatic heterocycles. The molecule has 0 aliphatic rings. The molecule has 0 atom stereocenters. The summed E-state index contributed by atoms with van der Waals surface area (Å²) in [5, 5.41) is 2.84. The number of aromatic nitrogens is 1. The van der Waals surface area contributed by atoms with Gasteiger partial charge in [-0.1, -0.05) is 17.7 Å². The fourth-order valence-electron chi connectivity index (χ4n) is 1.52. The fourth-order valence-corrected chi connectivity index (χ4v) is 1.69. The second-order valence-electron chi connectivity index (χ2n) is 3.84. The minimum atomic E-state index is -0.975. The molecule has 0 aliphatic heterocycles. The number of anilines is 1. The number of hydrogen-bond acceptors (Lipinski definition) is 2. The normalized spacial score (nSPS) is 10.3. The minimum Gasteiger partial charge on any atom is -0.326 e. The van der Waals surface area contributed by atoms with Gasteiger partial charge in [-0.2, -0.15) is 0 Å². The highest BCUT2D eigenvalue weighted by Crippen LogP contribution is 2.13. The van der Waals surface area contributed by atoms with Gasteiger partial charge in [0.1, 0.15) is 5.15 Å². The van der Waals surface area contributed by atoms with Crippen molar-refractivity contribution in [3.63, 3.8) is 0 Å². The molecule has 1 aromatic carbocycles. The summed E-state index contributed by atoms with van der Waals surface area (Å²) in [7, 11) is 0. The van der Waals surface area contributed by atoms with Crippen LogP contribution in [-0.2, 0) is 11.2 Å². The van der Waals surface area contributed by atoms with Crippen molar-refractivity contribution < 1.29 is 13.6 Å². The SMILES string of the molecule is O=C(Cc1ccc(F)c(F)c1)Nc1ccnc(Cl)c1. The van der Waals surface area contributed by atoms with Crippen LogP contribution in [0.5, 0.6) is 0 Å². The van der Waals surface area contributed by atoms with Crippen LogP contribution in [0.1, 0.15) is 5.56 Å². The number of amides is 1. The van der Waals surface area contributed by atoms with Gasteiger partial charge >= 0.3 is 0 Å². The van der Waals surface area contributed by atoms with Crippen LogP contribution < -0.4 is 5.32 Å². The van der Waals surface area contributed by atoms with Crippen molar-refractivity contribution in [2.45, 2.75) is 6.42 Å². The number of nitrogens with zero attached hydrogens (tertiary/aromatic N) is 1. The lowest BCUT2D eigenvalue weighted by Gasteiger charge is -2.05. The van der Waals surface area contributed by atoms with Crippen molar-refractivity contribution >= 4 is 23.2 Å². The van der Waals surface area contributed by atoms with E-state index in [-0.39, 0.29) is 17.5 Å². The summed E-state index contributed by atoms with van der Waals surface area (Å²) in [6, 6.07) is 6.41. The van der Waals surface area contributed by atoms with Gasteiger partial charge in [0, 0.05) is 11.9 Å². The number of rotatable bonds is 3. The Balaban J connectivity index is 2.03. The van der Waals surface area contributed by atoms with E-state index in [1.165, 1.54) is 18.3 Å². The molecule has 2 aromatic rings. The molecular formula is C13H9ClF2N2O. The minimum absolute atomic E-state index is 0.0584. The molecule has 3 nitrogen and oxygen atoms in total. The predicted octanol–water partition coefficient (Wildman–Crippen LogP) is 3.19. The van der Waals surface area contributed by atoms with Gasteiger partial charge in [-0.05, 0) is 29.8 Å². The average molecular weight is 283 g/mol. The third kappa shape index (κ3) is 3.72. The number of halogens is 3. The summed E-state index contributed by atoms with van der Waals surface area (Å²) in [5.41, 5.74) is 0.879. The predicted molar refractivity (Wildman–Crippen MR) is 67.9 cm³/mol. The van der Waals surface area contributed by atoms with E-state index in [0.717, 1.165) is 12.1 Å². The van der Waals surface area contributed by atoms with Crippen LogP contribution in [-0.4, -0.2) is 10.9 Å². The van der Waals surface area contributed by atoms with E-state index in [0.29, 0.717) is 11.3 Å².